The molecule has 1 fully saturated rings. The lowest BCUT2D eigenvalue weighted by molar-refractivity contribution is 0.0573. The monoisotopic (exact) mass is 330 g/mol. The number of hydrogen-bond acceptors (Lipinski definition) is 3. The fourth-order valence-corrected chi connectivity index (χ4v) is 4.03. The molecule has 0 saturated carbocycles. The van der Waals surface area contributed by atoms with E-state index in [1.807, 2.05) is 11.3 Å². The standard InChI is InChI=1S/C14H23BrN2S/c1-4-5-11-8-17(14(2,3)10-16-11)9-12-6-7-13(15)18-12/h6-7,11,16H,4-5,8-10H2,1-3H3. The van der Waals surface area contributed by atoms with Gasteiger partial charge in [0, 0.05) is 36.1 Å². The molecule has 18 heavy (non-hydrogen) atoms. The summed E-state index contributed by atoms with van der Waals surface area (Å²) in [6.45, 7) is 10.3. The molecule has 2 rings (SSSR count). The Kier molecular flexibility index (Phi) is 4.86. The van der Waals surface area contributed by atoms with Gasteiger partial charge in [0.05, 0.1) is 3.79 Å². The van der Waals surface area contributed by atoms with Gasteiger partial charge in [0.2, 0.25) is 0 Å². The van der Waals surface area contributed by atoms with Crippen LogP contribution in [-0.4, -0.2) is 29.6 Å². The fourth-order valence-electron chi connectivity index (χ4n) is 2.53. The molecule has 0 bridgehead atoms. The molecule has 4 heteroatoms. The molecule has 1 unspecified atom stereocenters. The molecule has 1 N–H and O–H groups in total. The van der Waals surface area contributed by atoms with Crippen molar-refractivity contribution >= 4 is 27.3 Å². The molecule has 0 aromatic carbocycles. The van der Waals surface area contributed by atoms with Crippen molar-refractivity contribution in [3.8, 4) is 0 Å². The quantitative estimate of drug-likeness (QED) is 0.901. The van der Waals surface area contributed by atoms with Crippen molar-refractivity contribution in [2.45, 2.75) is 51.7 Å². The fraction of sp³-hybridized carbons (Fsp3) is 0.714. The van der Waals surface area contributed by atoms with Crippen LogP contribution in [0.25, 0.3) is 0 Å². The number of nitrogens with one attached hydrogen (secondary N) is 1. The van der Waals surface area contributed by atoms with Crippen LogP contribution >= 0.6 is 27.3 Å². The summed E-state index contributed by atoms with van der Waals surface area (Å²) < 4.78 is 1.23. The Labute approximate surface area is 123 Å². The molecule has 0 radical (unpaired) electrons. The predicted molar refractivity (Wildman–Crippen MR) is 83.2 cm³/mol. The summed E-state index contributed by atoms with van der Waals surface area (Å²) in [7, 11) is 0. The van der Waals surface area contributed by atoms with Crippen LogP contribution in [0.1, 0.15) is 38.5 Å². The van der Waals surface area contributed by atoms with Crippen LogP contribution in [0.2, 0.25) is 0 Å². The molecule has 0 amide bonds. The van der Waals surface area contributed by atoms with Crippen LogP contribution in [-0.2, 0) is 6.54 Å². The number of nitrogens with zero attached hydrogens (tertiary/aromatic N) is 1. The molecule has 0 spiro atoms. The maximum Gasteiger partial charge on any atom is 0.0701 e. The first-order valence-electron chi connectivity index (χ1n) is 6.74. The Bertz CT molecular complexity index is 389. The molecule has 1 aliphatic heterocycles. The van der Waals surface area contributed by atoms with Crippen LogP contribution in [0.3, 0.4) is 0 Å². The minimum absolute atomic E-state index is 0.251. The van der Waals surface area contributed by atoms with Crippen molar-refractivity contribution in [1.82, 2.24) is 10.2 Å². The average Bonchev–Trinajstić information content (AvgIpc) is 2.70. The zero-order valence-electron chi connectivity index (χ0n) is 11.5. The maximum absolute atomic E-state index is 3.68. The van der Waals surface area contributed by atoms with E-state index in [4.69, 9.17) is 0 Å². The van der Waals surface area contributed by atoms with E-state index < -0.39 is 0 Å². The molecule has 0 aliphatic carbocycles. The van der Waals surface area contributed by atoms with E-state index in [0.29, 0.717) is 6.04 Å². The zero-order valence-corrected chi connectivity index (χ0v) is 13.9. The SMILES string of the molecule is CCCC1CN(Cc2ccc(Br)s2)C(C)(C)CN1. The molecule has 102 valence electrons. The maximum atomic E-state index is 3.68. The van der Waals surface area contributed by atoms with Crippen molar-refractivity contribution in [3.05, 3.63) is 20.8 Å². The highest BCUT2D eigenvalue weighted by Crippen LogP contribution is 2.27. The van der Waals surface area contributed by atoms with Gasteiger partial charge in [0.25, 0.3) is 0 Å². The van der Waals surface area contributed by atoms with E-state index in [2.05, 4.69) is 59.1 Å². The first-order valence-corrected chi connectivity index (χ1v) is 8.35. The van der Waals surface area contributed by atoms with Crippen molar-refractivity contribution in [1.29, 1.82) is 0 Å². The summed E-state index contributed by atoms with van der Waals surface area (Å²) in [5, 5.41) is 3.68. The lowest BCUT2D eigenvalue weighted by Gasteiger charge is -2.46. The van der Waals surface area contributed by atoms with Crippen molar-refractivity contribution in [2.75, 3.05) is 13.1 Å². The normalized spacial score (nSPS) is 24.3. The van der Waals surface area contributed by atoms with Crippen molar-refractivity contribution in [3.63, 3.8) is 0 Å². The molecule has 1 aliphatic rings. The van der Waals surface area contributed by atoms with Crippen molar-refractivity contribution in [2.24, 2.45) is 0 Å². The minimum Gasteiger partial charge on any atom is -0.311 e. The minimum atomic E-state index is 0.251. The van der Waals surface area contributed by atoms with Gasteiger partial charge in [-0.3, -0.25) is 4.90 Å². The van der Waals surface area contributed by atoms with Gasteiger partial charge in [-0.1, -0.05) is 13.3 Å². The molecular weight excluding hydrogens is 308 g/mol. The highest BCUT2D eigenvalue weighted by atomic mass is 79.9. The van der Waals surface area contributed by atoms with Gasteiger partial charge in [-0.15, -0.1) is 11.3 Å². The van der Waals surface area contributed by atoms with E-state index in [1.54, 1.807) is 0 Å². The van der Waals surface area contributed by atoms with E-state index in [0.717, 1.165) is 19.6 Å². The van der Waals surface area contributed by atoms with E-state index in [1.165, 1.54) is 21.5 Å². The van der Waals surface area contributed by atoms with Gasteiger partial charge in [-0.05, 0) is 48.3 Å². The van der Waals surface area contributed by atoms with Gasteiger partial charge in [0.1, 0.15) is 0 Å². The molecular formula is C14H23BrN2S. The second-order valence-corrected chi connectivity index (χ2v) is 8.31. The smallest absolute Gasteiger partial charge is 0.0701 e. The van der Waals surface area contributed by atoms with Gasteiger partial charge in [-0.2, -0.15) is 0 Å². The Balaban J connectivity index is 2.02. The second-order valence-electron chi connectivity index (χ2n) is 5.77. The number of hydrogen-bond donors (Lipinski definition) is 1. The van der Waals surface area contributed by atoms with Gasteiger partial charge >= 0.3 is 0 Å². The second kappa shape index (κ2) is 6.04. The lowest BCUT2D eigenvalue weighted by atomic mass is 9.96. The third-order valence-corrected chi connectivity index (χ3v) is 5.34. The number of piperazine rings is 1. The number of halogens is 1. The first kappa shape index (κ1) is 14.5. The highest BCUT2D eigenvalue weighted by Gasteiger charge is 2.33. The Hall–Kier alpha value is 0.1000. The topological polar surface area (TPSA) is 15.3 Å². The summed E-state index contributed by atoms with van der Waals surface area (Å²) in [6, 6.07) is 5.05. The van der Waals surface area contributed by atoms with E-state index in [-0.39, 0.29) is 5.54 Å². The Morgan fingerprint density at radius 1 is 1.50 bits per heavy atom. The van der Waals surface area contributed by atoms with E-state index >= 15 is 0 Å². The highest BCUT2D eigenvalue weighted by molar-refractivity contribution is 9.11. The summed E-state index contributed by atoms with van der Waals surface area (Å²) in [5.74, 6) is 0. The summed E-state index contributed by atoms with van der Waals surface area (Å²) >= 11 is 5.40. The largest absolute Gasteiger partial charge is 0.311 e. The molecule has 1 aromatic heterocycles. The average molecular weight is 331 g/mol. The molecule has 2 heterocycles. The number of rotatable bonds is 4. The Morgan fingerprint density at radius 2 is 2.28 bits per heavy atom. The van der Waals surface area contributed by atoms with Crippen LogP contribution < -0.4 is 5.32 Å². The van der Waals surface area contributed by atoms with E-state index in [9.17, 15) is 0 Å². The molecule has 1 saturated heterocycles. The van der Waals surface area contributed by atoms with Crippen LogP contribution in [0.5, 0.6) is 0 Å². The third-order valence-electron chi connectivity index (χ3n) is 3.73. The lowest BCUT2D eigenvalue weighted by Crippen LogP contribution is -2.61. The summed E-state index contributed by atoms with van der Waals surface area (Å²) in [4.78, 5) is 4.08. The predicted octanol–water partition coefficient (Wildman–Crippen LogP) is 3.86. The summed E-state index contributed by atoms with van der Waals surface area (Å²) in [5.41, 5.74) is 0.251. The van der Waals surface area contributed by atoms with Crippen LogP contribution in [0, 0.1) is 0 Å². The Morgan fingerprint density at radius 3 is 2.89 bits per heavy atom. The number of thiophene rings is 1. The van der Waals surface area contributed by atoms with Gasteiger partial charge < -0.3 is 5.32 Å². The van der Waals surface area contributed by atoms with Crippen LogP contribution in [0.15, 0.2) is 15.9 Å². The molecule has 1 aromatic rings. The molecule has 1 atom stereocenters. The van der Waals surface area contributed by atoms with Gasteiger partial charge in [0.15, 0.2) is 0 Å². The van der Waals surface area contributed by atoms with Crippen molar-refractivity contribution < 1.29 is 0 Å². The summed E-state index contributed by atoms with van der Waals surface area (Å²) in [6.07, 6.45) is 2.54. The molecule has 2 nitrogen and oxygen atoms in total. The third kappa shape index (κ3) is 3.56. The zero-order chi connectivity index (χ0) is 13.2. The first-order chi connectivity index (χ1) is 8.51. The van der Waals surface area contributed by atoms with Crippen LogP contribution in [0.4, 0.5) is 0 Å². The van der Waals surface area contributed by atoms with Gasteiger partial charge in [-0.25, -0.2) is 0 Å².